The topological polar surface area (TPSA) is 130 Å². The van der Waals surface area contributed by atoms with Crippen molar-refractivity contribution in [1.82, 2.24) is 20.5 Å². The number of carbonyl (C=O) groups excluding carboxylic acids is 4. The Morgan fingerprint density at radius 3 is 2.74 bits per heavy atom. The highest BCUT2D eigenvalue weighted by Crippen LogP contribution is 2.35. The smallest absolute Gasteiger partial charge is 0.320 e. The SMILES string of the molecule is CCc1cc(OC)cc2sc(C(C)(C)NC(=O)Nc3ccc4c(c3F)CN(C3CCC(=O)NC3=O)C4=O)nc12. The van der Waals surface area contributed by atoms with E-state index in [1.165, 1.54) is 28.4 Å². The van der Waals surface area contributed by atoms with E-state index in [0.29, 0.717) is 5.01 Å². The van der Waals surface area contributed by atoms with Crippen LogP contribution >= 0.6 is 11.3 Å². The zero-order valence-electron chi connectivity index (χ0n) is 21.9. The Bertz CT molecular complexity index is 1530. The Morgan fingerprint density at radius 2 is 2.05 bits per heavy atom. The fraction of sp³-hybridized carbons (Fsp3) is 0.370. The van der Waals surface area contributed by atoms with Gasteiger partial charge in [0.15, 0.2) is 5.82 Å². The Morgan fingerprint density at radius 1 is 1.28 bits per heavy atom. The average molecular weight is 554 g/mol. The highest BCUT2D eigenvalue weighted by Gasteiger charge is 2.40. The second kappa shape index (κ2) is 9.92. The van der Waals surface area contributed by atoms with E-state index in [0.717, 1.165) is 28.0 Å². The number of imide groups is 1. The van der Waals surface area contributed by atoms with Crippen molar-refractivity contribution >= 4 is 51.0 Å². The molecule has 5 rings (SSSR count). The summed E-state index contributed by atoms with van der Waals surface area (Å²) >= 11 is 1.44. The van der Waals surface area contributed by atoms with E-state index in [2.05, 4.69) is 16.0 Å². The van der Waals surface area contributed by atoms with Crippen LogP contribution in [0, 0.1) is 5.82 Å². The van der Waals surface area contributed by atoms with Crippen molar-refractivity contribution < 1.29 is 28.3 Å². The number of carbonyl (C=O) groups is 4. The molecular weight excluding hydrogens is 525 g/mol. The first kappa shape index (κ1) is 26.5. The van der Waals surface area contributed by atoms with Gasteiger partial charge in [0, 0.05) is 17.5 Å². The fourth-order valence-electron chi connectivity index (χ4n) is 4.92. The first-order valence-corrected chi connectivity index (χ1v) is 13.4. The van der Waals surface area contributed by atoms with Crippen molar-refractivity contribution in [2.24, 2.45) is 0 Å². The third-order valence-corrected chi connectivity index (χ3v) is 8.35. The molecule has 0 saturated carbocycles. The van der Waals surface area contributed by atoms with Gasteiger partial charge < -0.3 is 20.3 Å². The van der Waals surface area contributed by atoms with Crippen LogP contribution in [0.5, 0.6) is 5.75 Å². The number of thiazole rings is 1. The van der Waals surface area contributed by atoms with Gasteiger partial charge in [0.1, 0.15) is 16.8 Å². The highest BCUT2D eigenvalue weighted by atomic mass is 32.1. The van der Waals surface area contributed by atoms with Crippen LogP contribution in [0.25, 0.3) is 10.2 Å². The molecule has 1 fully saturated rings. The van der Waals surface area contributed by atoms with Crippen molar-refractivity contribution in [1.29, 1.82) is 0 Å². The van der Waals surface area contributed by atoms with Crippen LogP contribution in [0.3, 0.4) is 0 Å². The van der Waals surface area contributed by atoms with Gasteiger partial charge in [-0.2, -0.15) is 0 Å². The van der Waals surface area contributed by atoms with Crippen LogP contribution in [0.15, 0.2) is 24.3 Å². The lowest BCUT2D eigenvalue weighted by molar-refractivity contribution is -0.136. The maximum atomic E-state index is 15.5. The summed E-state index contributed by atoms with van der Waals surface area (Å²) in [5.41, 5.74) is 1.13. The van der Waals surface area contributed by atoms with Gasteiger partial charge in [0.2, 0.25) is 11.8 Å². The van der Waals surface area contributed by atoms with Crippen LogP contribution in [0.2, 0.25) is 0 Å². The summed E-state index contributed by atoms with van der Waals surface area (Å²) < 4.78 is 21.8. The molecular formula is C27H28FN5O5S. The first-order valence-electron chi connectivity index (χ1n) is 12.6. The van der Waals surface area contributed by atoms with Gasteiger partial charge in [0.25, 0.3) is 5.91 Å². The lowest BCUT2D eigenvalue weighted by Crippen LogP contribution is -2.52. The van der Waals surface area contributed by atoms with Gasteiger partial charge in [0.05, 0.1) is 35.1 Å². The predicted molar refractivity (Wildman–Crippen MR) is 143 cm³/mol. The molecule has 1 unspecified atom stereocenters. The predicted octanol–water partition coefficient (Wildman–Crippen LogP) is 3.82. The molecule has 3 heterocycles. The number of amides is 5. The number of urea groups is 1. The number of nitrogens with one attached hydrogen (secondary N) is 3. The van der Waals surface area contributed by atoms with E-state index in [1.807, 2.05) is 32.9 Å². The molecule has 12 heteroatoms. The minimum absolute atomic E-state index is 0.0916. The Kier molecular flexibility index (Phi) is 6.75. The largest absolute Gasteiger partial charge is 0.497 e. The molecule has 3 aromatic rings. The molecule has 2 aliphatic rings. The molecule has 204 valence electrons. The van der Waals surface area contributed by atoms with Gasteiger partial charge in [-0.3, -0.25) is 19.7 Å². The number of hydrogen-bond donors (Lipinski definition) is 3. The van der Waals surface area contributed by atoms with Gasteiger partial charge in [-0.1, -0.05) is 6.92 Å². The number of anilines is 1. The van der Waals surface area contributed by atoms with Crippen molar-refractivity contribution in [2.75, 3.05) is 12.4 Å². The summed E-state index contributed by atoms with van der Waals surface area (Å²) in [6.07, 6.45) is 1.04. The number of aryl methyl sites for hydroxylation is 1. The molecule has 2 aromatic carbocycles. The van der Waals surface area contributed by atoms with Gasteiger partial charge >= 0.3 is 6.03 Å². The minimum atomic E-state index is -0.877. The summed E-state index contributed by atoms with van der Waals surface area (Å²) in [5.74, 6) is -1.48. The van der Waals surface area contributed by atoms with E-state index in [-0.39, 0.29) is 36.2 Å². The number of ether oxygens (including phenoxy) is 1. The zero-order valence-corrected chi connectivity index (χ0v) is 22.8. The Balaban J connectivity index is 1.33. The van der Waals surface area contributed by atoms with E-state index in [1.54, 1.807) is 7.11 Å². The van der Waals surface area contributed by atoms with Gasteiger partial charge in [-0.15, -0.1) is 11.3 Å². The van der Waals surface area contributed by atoms with Gasteiger partial charge in [-0.05, 0) is 56.5 Å². The second-order valence-electron chi connectivity index (χ2n) is 10.1. The second-order valence-corrected chi connectivity index (χ2v) is 11.1. The molecule has 10 nitrogen and oxygen atoms in total. The maximum absolute atomic E-state index is 15.5. The molecule has 0 spiro atoms. The maximum Gasteiger partial charge on any atom is 0.320 e. The molecule has 39 heavy (non-hydrogen) atoms. The van der Waals surface area contributed by atoms with Crippen LogP contribution < -0.4 is 20.7 Å². The van der Waals surface area contributed by atoms with E-state index < -0.39 is 41.2 Å². The minimum Gasteiger partial charge on any atom is -0.497 e. The molecule has 0 bridgehead atoms. The van der Waals surface area contributed by atoms with Crippen molar-refractivity contribution in [2.45, 2.75) is 58.2 Å². The first-order chi connectivity index (χ1) is 18.5. The monoisotopic (exact) mass is 553 g/mol. The molecule has 1 saturated heterocycles. The van der Waals surface area contributed by atoms with Gasteiger partial charge in [-0.25, -0.2) is 14.2 Å². The summed E-state index contributed by atoms with van der Waals surface area (Å²) in [7, 11) is 1.61. The van der Waals surface area contributed by atoms with Crippen molar-refractivity contribution in [3.8, 4) is 5.75 Å². The van der Waals surface area contributed by atoms with Crippen LogP contribution in [-0.4, -0.2) is 46.8 Å². The average Bonchev–Trinajstić information content (AvgIpc) is 3.47. The molecule has 2 aliphatic heterocycles. The molecule has 3 N–H and O–H groups in total. The highest BCUT2D eigenvalue weighted by molar-refractivity contribution is 7.18. The third kappa shape index (κ3) is 4.80. The van der Waals surface area contributed by atoms with E-state index in [9.17, 15) is 19.2 Å². The number of hydrogen-bond acceptors (Lipinski definition) is 7. The number of piperidine rings is 1. The van der Waals surface area contributed by atoms with E-state index >= 15 is 4.39 Å². The lowest BCUT2D eigenvalue weighted by atomic mass is 10.0. The summed E-state index contributed by atoms with van der Waals surface area (Å²) in [5, 5.41) is 8.30. The normalized spacial score (nSPS) is 17.3. The molecule has 0 radical (unpaired) electrons. The molecule has 5 amide bonds. The Hall–Kier alpha value is -4.06. The standard InChI is InChI=1S/C27H28FN5O5S/c1-5-13-10-14(38-4)11-19-22(13)31-25(39-19)27(2,3)32-26(37)29-17-7-6-15-16(21(17)28)12-33(24(15)36)18-8-9-20(34)30-23(18)35/h6-7,10-11,18H,5,8-9,12H2,1-4H3,(H2,29,32,37)(H,30,34,35). The number of methoxy groups -OCH3 is 1. The van der Waals surface area contributed by atoms with Crippen molar-refractivity contribution in [3.63, 3.8) is 0 Å². The number of benzene rings is 2. The van der Waals surface area contributed by atoms with Crippen LogP contribution in [-0.2, 0) is 28.1 Å². The Labute approximate surface area is 227 Å². The number of rotatable bonds is 6. The van der Waals surface area contributed by atoms with E-state index in [4.69, 9.17) is 9.72 Å². The van der Waals surface area contributed by atoms with Crippen molar-refractivity contribution in [3.05, 3.63) is 51.8 Å². The molecule has 1 atom stereocenters. The van der Waals surface area contributed by atoms with Crippen LogP contribution in [0.4, 0.5) is 14.9 Å². The zero-order chi connectivity index (χ0) is 28.1. The number of aromatic nitrogens is 1. The fourth-order valence-corrected chi connectivity index (χ4v) is 6.02. The molecule has 1 aromatic heterocycles. The lowest BCUT2D eigenvalue weighted by Gasteiger charge is -2.29. The summed E-state index contributed by atoms with van der Waals surface area (Å²) in [6, 6.07) is 5.11. The summed E-state index contributed by atoms with van der Waals surface area (Å²) in [4.78, 5) is 55.6. The quantitative estimate of drug-likeness (QED) is 0.398. The number of fused-ring (bicyclic) bond motifs is 2. The third-order valence-electron chi connectivity index (χ3n) is 7.02. The van der Waals surface area contributed by atoms with Crippen LogP contribution in [0.1, 0.15) is 60.1 Å². The molecule has 0 aliphatic carbocycles. The number of nitrogens with zero attached hydrogens (tertiary/aromatic N) is 2. The number of halogens is 1. The summed E-state index contributed by atoms with van der Waals surface area (Å²) in [6.45, 7) is 5.52.